The van der Waals surface area contributed by atoms with E-state index in [0.717, 1.165) is 0 Å². The first-order valence-corrected chi connectivity index (χ1v) is 3.84. The summed E-state index contributed by atoms with van der Waals surface area (Å²) in [7, 11) is 1.42. The Bertz CT molecular complexity index is 293. The van der Waals surface area contributed by atoms with E-state index in [9.17, 15) is 13.6 Å². The lowest BCUT2D eigenvalue weighted by atomic mass is 10.1. The van der Waals surface area contributed by atoms with Gasteiger partial charge in [0.15, 0.2) is 0 Å². The Hall–Kier alpha value is -0.820. The molecule has 0 radical (unpaired) electrons. The molecule has 0 aliphatic rings. The van der Waals surface area contributed by atoms with Crippen molar-refractivity contribution in [3.8, 4) is 0 Å². The average Bonchev–Trinajstić information content (AvgIpc) is 2.03. The molecule has 0 saturated heterocycles. The van der Waals surface area contributed by atoms with E-state index < -0.39 is 5.66 Å². The second-order valence-corrected chi connectivity index (χ2v) is 3.09. The van der Waals surface area contributed by atoms with E-state index in [4.69, 9.17) is 0 Å². The molecule has 0 aromatic heterocycles. The van der Waals surface area contributed by atoms with Crippen molar-refractivity contribution in [2.24, 2.45) is 0 Å². The number of halogens is 2. The molecule has 0 saturated carbocycles. The number of hydrogen-bond acceptors (Lipinski definition) is 1. The summed E-state index contributed by atoms with van der Waals surface area (Å²) in [5.74, 6) is 0. The quantitative estimate of drug-likeness (QED) is 0.514. The van der Waals surface area contributed by atoms with Gasteiger partial charge in [0.05, 0.1) is 0 Å². The highest BCUT2D eigenvalue weighted by Gasteiger charge is 2.24. The lowest BCUT2D eigenvalue weighted by Gasteiger charge is -2.09. The maximum atomic E-state index is 12.6. The fourth-order valence-electron chi connectivity index (χ4n) is 0.819. The summed E-state index contributed by atoms with van der Waals surface area (Å²) >= 11 is 0. The molecule has 1 atom stereocenters. The highest BCUT2D eigenvalue weighted by Crippen LogP contribution is 2.34. The fourth-order valence-corrected chi connectivity index (χ4v) is 0.999. The minimum Gasteiger partial charge on any atom is -0.298 e. The van der Waals surface area contributed by atoms with E-state index in [-0.39, 0.29) is 11.1 Å². The van der Waals surface area contributed by atoms with Crippen LogP contribution < -0.4 is 0 Å². The van der Waals surface area contributed by atoms with Gasteiger partial charge in [-0.1, -0.05) is 27.4 Å². The molecule has 4 heteroatoms. The lowest BCUT2D eigenvalue weighted by Crippen LogP contribution is -2.02. The summed E-state index contributed by atoms with van der Waals surface area (Å²) < 4.78 is 25.2. The van der Waals surface area contributed by atoms with Gasteiger partial charge < -0.3 is 0 Å². The van der Waals surface area contributed by atoms with Crippen molar-refractivity contribution in [3.05, 3.63) is 35.4 Å². The predicted octanol–water partition coefficient (Wildman–Crippen LogP) is 2.42. The molecule has 1 nitrogen and oxygen atoms in total. The van der Waals surface area contributed by atoms with Gasteiger partial charge in [-0.05, 0) is 6.07 Å². The Morgan fingerprint density at radius 1 is 1.42 bits per heavy atom. The van der Waals surface area contributed by atoms with E-state index >= 15 is 0 Å². The molecule has 1 rings (SSSR count). The maximum absolute atomic E-state index is 12.6. The first kappa shape index (κ1) is 9.27. The van der Waals surface area contributed by atoms with Crippen LogP contribution in [0.4, 0.5) is 8.78 Å². The molecule has 0 amide bonds. The zero-order valence-corrected chi connectivity index (χ0v) is 7.28. The number of carbonyl (C=O) groups excluding carboxylic acids is 1. The standard InChI is InChI=1S/C8H7F2OP/c9-8(10,12)7-3-1-2-6(4-7)5-11/h1-5H,12H2. The molecule has 64 valence electrons. The summed E-state index contributed by atoms with van der Waals surface area (Å²) in [6, 6.07) is 5.35. The van der Waals surface area contributed by atoms with Gasteiger partial charge in [0.25, 0.3) is 5.66 Å². The van der Waals surface area contributed by atoms with Crippen LogP contribution in [0.2, 0.25) is 0 Å². The van der Waals surface area contributed by atoms with Gasteiger partial charge in [0, 0.05) is 11.1 Å². The molecule has 0 fully saturated rings. The topological polar surface area (TPSA) is 17.1 Å². The van der Waals surface area contributed by atoms with Crippen molar-refractivity contribution in [1.82, 2.24) is 0 Å². The minimum absolute atomic E-state index is 0.169. The Kier molecular flexibility index (Phi) is 2.53. The molecular formula is C8H7F2OP. The SMILES string of the molecule is O=Cc1cccc(C(F)(F)P)c1. The Labute approximate surface area is 71.0 Å². The van der Waals surface area contributed by atoms with E-state index in [2.05, 4.69) is 0 Å². The smallest absolute Gasteiger partial charge is 0.283 e. The number of benzene rings is 1. The van der Waals surface area contributed by atoms with E-state index in [1.54, 1.807) is 0 Å². The highest BCUT2D eigenvalue weighted by molar-refractivity contribution is 7.17. The molecule has 0 aliphatic heterocycles. The van der Waals surface area contributed by atoms with Gasteiger partial charge in [0.1, 0.15) is 6.29 Å². The van der Waals surface area contributed by atoms with Crippen LogP contribution in [0.25, 0.3) is 0 Å². The van der Waals surface area contributed by atoms with Gasteiger partial charge >= 0.3 is 0 Å². The van der Waals surface area contributed by atoms with E-state index in [0.29, 0.717) is 6.29 Å². The van der Waals surface area contributed by atoms with Crippen LogP contribution in [-0.4, -0.2) is 6.29 Å². The number of hydrogen-bond donors (Lipinski definition) is 0. The molecule has 0 bridgehead atoms. The van der Waals surface area contributed by atoms with Crippen LogP contribution in [0.3, 0.4) is 0 Å². The van der Waals surface area contributed by atoms with Crippen molar-refractivity contribution in [2.75, 3.05) is 0 Å². The molecule has 0 aliphatic carbocycles. The predicted molar refractivity (Wildman–Crippen MR) is 45.4 cm³/mol. The zero-order valence-electron chi connectivity index (χ0n) is 6.13. The maximum Gasteiger partial charge on any atom is 0.283 e. The first-order valence-electron chi connectivity index (χ1n) is 3.26. The van der Waals surface area contributed by atoms with Gasteiger partial charge in [0.2, 0.25) is 0 Å². The normalized spacial score (nSPS) is 11.2. The van der Waals surface area contributed by atoms with Crippen molar-refractivity contribution >= 4 is 15.5 Å². The largest absolute Gasteiger partial charge is 0.298 e. The van der Waals surface area contributed by atoms with E-state index in [1.165, 1.54) is 33.5 Å². The van der Waals surface area contributed by atoms with Crippen LogP contribution in [-0.2, 0) is 5.66 Å². The van der Waals surface area contributed by atoms with Gasteiger partial charge in [-0.2, -0.15) is 8.78 Å². The third-order valence-corrected chi connectivity index (χ3v) is 1.74. The van der Waals surface area contributed by atoms with Crippen LogP contribution in [0.1, 0.15) is 15.9 Å². The second kappa shape index (κ2) is 3.28. The number of rotatable bonds is 2. The summed E-state index contributed by atoms with van der Waals surface area (Å²) in [5, 5.41) is 0. The lowest BCUT2D eigenvalue weighted by molar-refractivity contribution is 0.104. The Morgan fingerprint density at radius 3 is 2.58 bits per heavy atom. The van der Waals surface area contributed by atoms with Crippen molar-refractivity contribution in [1.29, 1.82) is 0 Å². The number of aldehydes is 1. The van der Waals surface area contributed by atoms with Crippen LogP contribution in [0.5, 0.6) is 0 Å². The first-order chi connectivity index (χ1) is 5.54. The fraction of sp³-hybridized carbons (Fsp3) is 0.125. The monoisotopic (exact) mass is 188 g/mol. The molecule has 12 heavy (non-hydrogen) atoms. The summed E-state index contributed by atoms with van der Waals surface area (Å²) in [6.07, 6.45) is 0.542. The molecule has 0 heterocycles. The molecular weight excluding hydrogens is 181 g/mol. The minimum atomic E-state index is -2.96. The zero-order chi connectivity index (χ0) is 9.19. The molecule has 1 aromatic carbocycles. The summed E-state index contributed by atoms with van der Waals surface area (Å²) in [6.45, 7) is 0. The summed E-state index contributed by atoms with van der Waals surface area (Å²) in [4.78, 5) is 10.2. The Morgan fingerprint density at radius 2 is 2.08 bits per heavy atom. The van der Waals surface area contributed by atoms with Crippen molar-refractivity contribution in [2.45, 2.75) is 5.66 Å². The average molecular weight is 188 g/mol. The Balaban J connectivity index is 3.10. The van der Waals surface area contributed by atoms with Gasteiger partial charge in [-0.15, -0.1) is 0 Å². The third kappa shape index (κ3) is 2.08. The van der Waals surface area contributed by atoms with Crippen LogP contribution >= 0.6 is 9.24 Å². The van der Waals surface area contributed by atoms with Crippen molar-refractivity contribution in [3.63, 3.8) is 0 Å². The molecule has 0 N–H and O–H groups in total. The summed E-state index contributed by atoms with van der Waals surface area (Å²) in [5.41, 5.74) is -2.87. The molecule has 1 aromatic rings. The second-order valence-electron chi connectivity index (χ2n) is 2.37. The van der Waals surface area contributed by atoms with Gasteiger partial charge in [-0.3, -0.25) is 4.79 Å². The molecule has 1 unspecified atom stereocenters. The van der Waals surface area contributed by atoms with Crippen LogP contribution in [0, 0.1) is 0 Å². The third-order valence-electron chi connectivity index (χ3n) is 1.41. The number of alkyl halides is 2. The highest BCUT2D eigenvalue weighted by atomic mass is 31.0. The van der Waals surface area contributed by atoms with Gasteiger partial charge in [-0.25, -0.2) is 0 Å². The molecule has 0 spiro atoms. The van der Waals surface area contributed by atoms with E-state index in [1.807, 2.05) is 0 Å². The van der Waals surface area contributed by atoms with Crippen LogP contribution in [0.15, 0.2) is 24.3 Å². The van der Waals surface area contributed by atoms with Crippen molar-refractivity contribution < 1.29 is 13.6 Å². The number of carbonyl (C=O) groups is 1.